The minimum Gasteiger partial charge on any atom is -0.276 e. The van der Waals surface area contributed by atoms with Gasteiger partial charge in [-0.05, 0) is 65.7 Å². The molecule has 2 heterocycles. The third-order valence-electron chi connectivity index (χ3n) is 5.33. The number of hydrogen-bond donors (Lipinski definition) is 1. The van der Waals surface area contributed by atoms with Crippen molar-refractivity contribution in [1.29, 1.82) is 0 Å². The summed E-state index contributed by atoms with van der Waals surface area (Å²) < 4.78 is 24.9. The van der Waals surface area contributed by atoms with Crippen LogP contribution in [0.25, 0.3) is 38.6 Å². The molecule has 4 nitrogen and oxygen atoms in total. The Hall–Kier alpha value is -3.48. The standard InChI is InChI=1S/C25H18FN2O2S/c1-31(30)21-10-8-20(9-11-21)28-24(29)13-5-18-15-27-23-12-4-17(14-22(23)25(18)28)16-2-6-19(26)7-3-16/h2-15,30H,1H3/q+1. The SMILES string of the molecule is C[S+](O)c1ccc(-n2c(=O)ccc3cnc4ccc(-c5ccc(F)cc5)cc4c32)cc1. The van der Waals surface area contributed by atoms with E-state index in [0.717, 1.165) is 37.8 Å². The molecule has 0 aliphatic heterocycles. The number of aromatic nitrogens is 2. The van der Waals surface area contributed by atoms with Gasteiger partial charge in [0, 0.05) is 28.7 Å². The molecule has 0 saturated carbocycles. The fraction of sp³-hybridized carbons (Fsp3) is 0.0400. The fourth-order valence-electron chi connectivity index (χ4n) is 3.78. The van der Waals surface area contributed by atoms with Crippen molar-refractivity contribution in [3.05, 3.63) is 101 Å². The van der Waals surface area contributed by atoms with Crippen LogP contribution in [0.3, 0.4) is 0 Å². The van der Waals surface area contributed by atoms with E-state index in [1.54, 1.807) is 35.2 Å². The lowest BCUT2D eigenvalue weighted by Crippen LogP contribution is -2.17. The van der Waals surface area contributed by atoms with Crippen LogP contribution in [0.15, 0.2) is 94.7 Å². The average Bonchev–Trinajstić information content (AvgIpc) is 2.79. The molecule has 0 spiro atoms. The quantitative estimate of drug-likeness (QED) is 0.308. The zero-order valence-electron chi connectivity index (χ0n) is 16.6. The molecule has 31 heavy (non-hydrogen) atoms. The molecule has 0 aliphatic carbocycles. The van der Waals surface area contributed by atoms with E-state index >= 15 is 0 Å². The molecule has 3 aromatic carbocycles. The van der Waals surface area contributed by atoms with Crippen LogP contribution < -0.4 is 5.56 Å². The summed E-state index contributed by atoms with van der Waals surface area (Å²) in [5.74, 6) is -0.285. The molecule has 0 amide bonds. The van der Waals surface area contributed by atoms with E-state index in [4.69, 9.17) is 0 Å². The number of nitrogens with zero attached hydrogens (tertiary/aromatic N) is 2. The van der Waals surface area contributed by atoms with E-state index in [2.05, 4.69) is 4.98 Å². The molecule has 1 N–H and O–H groups in total. The molecule has 0 saturated heterocycles. The number of fused-ring (bicyclic) bond motifs is 3. The van der Waals surface area contributed by atoms with Gasteiger partial charge in [0.05, 0.1) is 11.0 Å². The van der Waals surface area contributed by atoms with Gasteiger partial charge in [-0.15, -0.1) is 0 Å². The lowest BCUT2D eigenvalue weighted by Gasteiger charge is -2.13. The summed E-state index contributed by atoms with van der Waals surface area (Å²) in [7, 11) is 0. The van der Waals surface area contributed by atoms with E-state index in [-0.39, 0.29) is 11.4 Å². The smallest absolute Gasteiger partial charge is 0.255 e. The molecule has 1 atom stereocenters. The molecule has 6 heteroatoms. The maximum absolute atomic E-state index is 13.4. The number of hydrogen-bond acceptors (Lipinski definition) is 3. The maximum atomic E-state index is 13.4. The molecule has 0 bridgehead atoms. The first-order valence-electron chi connectivity index (χ1n) is 9.67. The zero-order valence-corrected chi connectivity index (χ0v) is 17.4. The fourth-order valence-corrected chi connectivity index (χ4v) is 4.31. The van der Waals surface area contributed by atoms with Crippen LogP contribution >= 0.6 is 0 Å². The van der Waals surface area contributed by atoms with Crippen molar-refractivity contribution in [3.8, 4) is 16.8 Å². The summed E-state index contributed by atoms with van der Waals surface area (Å²) in [5.41, 5.74) is 3.88. The highest BCUT2D eigenvalue weighted by Crippen LogP contribution is 2.29. The van der Waals surface area contributed by atoms with Gasteiger partial charge < -0.3 is 0 Å². The molecule has 0 aliphatic rings. The van der Waals surface area contributed by atoms with Crippen LogP contribution in [0.4, 0.5) is 4.39 Å². The molecule has 5 rings (SSSR count). The second-order valence-corrected chi connectivity index (χ2v) is 8.71. The summed E-state index contributed by atoms with van der Waals surface area (Å²) >= 11 is -0.848. The highest BCUT2D eigenvalue weighted by Gasteiger charge is 2.14. The van der Waals surface area contributed by atoms with Crippen LogP contribution in [0, 0.1) is 5.82 Å². The Morgan fingerprint density at radius 3 is 2.32 bits per heavy atom. The van der Waals surface area contributed by atoms with Crippen molar-refractivity contribution in [1.82, 2.24) is 9.55 Å². The van der Waals surface area contributed by atoms with Crippen LogP contribution in [0.2, 0.25) is 0 Å². The Kier molecular flexibility index (Phi) is 4.81. The van der Waals surface area contributed by atoms with Gasteiger partial charge in [0.15, 0.2) is 16.1 Å². The van der Waals surface area contributed by atoms with E-state index in [1.807, 2.05) is 42.5 Å². The molecule has 5 aromatic rings. The van der Waals surface area contributed by atoms with Crippen LogP contribution in [0.1, 0.15) is 0 Å². The van der Waals surface area contributed by atoms with Gasteiger partial charge in [-0.25, -0.2) is 4.39 Å². The molecule has 152 valence electrons. The van der Waals surface area contributed by atoms with E-state index in [9.17, 15) is 13.7 Å². The minimum absolute atomic E-state index is 0.153. The highest BCUT2D eigenvalue weighted by atomic mass is 32.2. The second kappa shape index (κ2) is 7.65. The first-order chi connectivity index (χ1) is 15.0. The van der Waals surface area contributed by atoms with E-state index < -0.39 is 11.2 Å². The van der Waals surface area contributed by atoms with Crippen LogP contribution in [-0.4, -0.2) is 20.4 Å². The van der Waals surface area contributed by atoms with Gasteiger partial charge in [-0.3, -0.25) is 14.3 Å². The van der Waals surface area contributed by atoms with Crippen molar-refractivity contribution in [3.63, 3.8) is 0 Å². The first-order valence-corrected chi connectivity index (χ1v) is 11.3. The Morgan fingerprint density at radius 2 is 1.61 bits per heavy atom. The molecule has 1 unspecified atom stereocenters. The van der Waals surface area contributed by atoms with Gasteiger partial charge in [-0.1, -0.05) is 18.2 Å². The third kappa shape index (κ3) is 3.50. The first kappa shape index (κ1) is 19.5. The minimum atomic E-state index is -0.848. The van der Waals surface area contributed by atoms with E-state index in [0.29, 0.717) is 5.69 Å². The molecule has 0 fully saturated rings. The Bertz CT molecular complexity index is 1480. The Morgan fingerprint density at radius 1 is 0.903 bits per heavy atom. The lowest BCUT2D eigenvalue weighted by atomic mass is 10.0. The maximum Gasteiger partial charge on any atom is 0.255 e. The molecular weight excluding hydrogens is 411 g/mol. The summed E-state index contributed by atoms with van der Waals surface area (Å²) in [4.78, 5) is 18.3. The van der Waals surface area contributed by atoms with Gasteiger partial charge in [0.25, 0.3) is 5.56 Å². The van der Waals surface area contributed by atoms with Crippen molar-refractivity contribution in [2.75, 3.05) is 6.26 Å². The predicted molar refractivity (Wildman–Crippen MR) is 124 cm³/mol. The Labute approximate surface area is 180 Å². The normalized spacial score (nSPS) is 12.4. The monoisotopic (exact) mass is 429 g/mol. The van der Waals surface area contributed by atoms with Crippen molar-refractivity contribution < 1.29 is 8.94 Å². The van der Waals surface area contributed by atoms with Crippen LogP contribution in [0.5, 0.6) is 0 Å². The van der Waals surface area contributed by atoms with E-state index in [1.165, 1.54) is 18.2 Å². The van der Waals surface area contributed by atoms with Gasteiger partial charge in [0.2, 0.25) is 0 Å². The summed E-state index contributed by atoms with van der Waals surface area (Å²) in [6.45, 7) is 0. The lowest BCUT2D eigenvalue weighted by molar-refractivity contribution is 0.628. The van der Waals surface area contributed by atoms with Crippen LogP contribution in [-0.2, 0) is 11.2 Å². The third-order valence-corrected chi connectivity index (χ3v) is 6.29. The van der Waals surface area contributed by atoms with Gasteiger partial charge >= 0.3 is 0 Å². The summed E-state index contributed by atoms with van der Waals surface area (Å²) in [5, 5.41) is 1.67. The average molecular weight is 429 g/mol. The number of benzene rings is 3. The van der Waals surface area contributed by atoms with Gasteiger partial charge in [0.1, 0.15) is 12.1 Å². The van der Waals surface area contributed by atoms with Crippen molar-refractivity contribution in [2.24, 2.45) is 0 Å². The van der Waals surface area contributed by atoms with Crippen molar-refractivity contribution >= 4 is 33.0 Å². The molecule has 0 radical (unpaired) electrons. The zero-order chi connectivity index (χ0) is 21.5. The number of pyridine rings is 2. The Balaban J connectivity index is 1.80. The van der Waals surface area contributed by atoms with Gasteiger partial charge in [-0.2, -0.15) is 4.55 Å². The molecule has 2 aromatic heterocycles. The highest BCUT2D eigenvalue weighted by molar-refractivity contribution is 7.90. The summed E-state index contributed by atoms with van der Waals surface area (Å²) in [6, 6.07) is 22.8. The summed E-state index contributed by atoms with van der Waals surface area (Å²) in [6.07, 6.45) is 3.49. The number of rotatable bonds is 3. The predicted octanol–water partition coefficient (Wildman–Crippen LogP) is 5.43. The molecular formula is C25H18FN2O2S+. The topological polar surface area (TPSA) is 55.1 Å². The van der Waals surface area contributed by atoms with Crippen molar-refractivity contribution in [2.45, 2.75) is 4.90 Å². The largest absolute Gasteiger partial charge is 0.276 e. The number of halogens is 1. The second-order valence-electron chi connectivity index (χ2n) is 7.28.